The fourth-order valence-electron chi connectivity index (χ4n) is 6.80. The molecule has 4 aromatic carbocycles. The minimum atomic E-state index is -1.83. The maximum atomic E-state index is 15.7. The molecule has 0 saturated carbocycles. The highest BCUT2D eigenvalue weighted by Crippen LogP contribution is 2.61. The molecule has 0 unspecified atom stereocenters. The predicted molar refractivity (Wildman–Crippen MR) is 148 cm³/mol. The van der Waals surface area contributed by atoms with E-state index in [2.05, 4.69) is 0 Å². The molecule has 0 bridgehead atoms. The van der Waals surface area contributed by atoms with E-state index in [0.717, 1.165) is 0 Å². The van der Waals surface area contributed by atoms with E-state index in [1.54, 1.807) is 71.6 Å². The van der Waals surface area contributed by atoms with Gasteiger partial charge in [-0.3, -0.25) is 14.4 Å². The SMILES string of the molecule is O=C(c1ccc(Cl)cc1)[C@@H]1[C@@H](c2ccccc2F)C2(C(=O)c3ccccc3C2=O)[C@H]2C=Cc3cc(F)ccc3N12. The third kappa shape index (κ3) is 3.20. The highest BCUT2D eigenvalue weighted by Gasteiger charge is 2.71. The topological polar surface area (TPSA) is 54.5 Å². The smallest absolute Gasteiger partial charge is 0.185 e. The molecule has 3 atom stereocenters. The molecule has 1 spiro atoms. The average Bonchev–Trinajstić information content (AvgIpc) is 3.39. The molecule has 1 aliphatic carbocycles. The van der Waals surface area contributed by atoms with E-state index in [1.165, 1.54) is 36.4 Å². The van der Waals surface area contributed by atoms with Crippen molar-refractivity contribution in [2.24, 2.45) is 5.41 Å². The molecule has 7 rings (SSSR count). The van der Waals surface area contributed by atoms with Crippen molar-refractivity contribution in [3.8, 4) is 0 Å². The number of benzene rings is 4. The van der Waals surface area contributed by atoms with Gasteiger partial charge in [-0.2, -0.15) is 0 Å². The van der Waals surface area contributed by atoms with Gasteiger partial charge in [0, 0.05) is 38.9 Å². The number of nitrogens with zero attached hydrogens (tertiary/aromatic N) is 1. The van der Waals surface area contributed by atoms with Gasteiger partial charge >= 0.3 is 0 Å². The first-order valence-electron chi connectivity index (χ1n) is 12.8. The van der Waals surface area contributed by atoms with Crippen LogP contribution in [-0.4, -0.2) is 29.4 Å². The lowest BCUT2D eigenvalue weighted by atomic mass is 9.64. The number of carbonyl (C=O) groups is 3. The van der Waals surface area contributed by atoms with Crippen molar-refractivity contribution in [1.29, 1.82) is 0 Å². The Labute approximate surface area is 233 Å². The van der Waals surface area contributed by atoms with Crippen molar-refractivity contribution in [3.05, 3.63) is 142 Å². The van der Waals surface area contributed by atoms with E-state index in [4.69, 9.17) is 11.6 Å². The Bertz CT molecular complexity index is 1750. The number of rotatable bonds is 3. The Hall–Kier alpha value is -4.42. The first kappa shape index (κ1) is 24.6. The van der Waals surface area contributed by atoms with E-state index in [9.17, 15) is 18.8 Å². The van der Waals surface area contributed by atoms with Crippen LogP contribution in [-0.2, 0) is 0 Å². The molecule has 0 N–H and O–H groups in total. The molecule has 4 nitrogen and oxygen atoms in total. The van der Waals surface area contributed by atoms with Gasteiger partial charge < -0.3 is 4.90 Å². The van der Waals surface area contributed by atoms with Crippen LogP contribution in [0.2, 0.25) is 5.02 Å². The van der Waals surface area contributed by atoms with Crippen molar-refractivity contribution >= 4 is 40.7 Å². The molecular formula is C33H20ClF2NO3. The zero-order chi connectivity index (χ0) is 27.8. The van der Waals surface area contributed by atoms with Crippen LogP contribution in [0.15, 0.2) is 97.1 Å². The van der Waals surface area contributed by atoms with Crippen molar-refractivity contribution in [1.82, 2.24) is 0 Å². The molecule has 7 heteroatoms. The number of halogens is 3. The fraction of sp³-hybridized carbons (Fsp3) is 0.121. The third-order valence-corrected chi connectivity index (χ3v) is 8.66. The van der Waals surface area contributed by atoms with Gasteiger partial charge in [0.05, 0.1) is 6.04 Å². The number of ketones is 3. The summed E-state index contributed by atoms with van der Waals surface area (Å²) in [6.07, 6.45) is 3.34. The maximum absolute atomic E-state index is 15.7. The van der Waals surface area contributed by atoms with E-state index in [1.807, 2.05) is 0 Å². The van der Waals surface area contributed by atoms with Crippen LogP contribution in [0.4, 0.5) is 14.5 Å². The van der Waals surface area contributed by atoms with E-state index < -0.39 is 52.4 Å². The summed E-state index contributed by atoms with van der Waals surface area (Å²) in [7, 11) is 0. The summed E-state index contributed by atoms with van der Waals surface area (Å²) in [5.74, 6) is -3.61. The van der Waals surface area contributed by atoms with Crippen molar-refractivity contribution < 1.29 is 23.2 Å². The maximum Gasteiger partial charge on any atom is 0.185 e. The molecule has 3 aliphatic rings. The fourth-order valence-corrected chi connectivity index (χ4v) is 6.93. The summed E-state index contributed by atoms with van der Waals surface area (Å²) in [5.41, 5.74) is 0.0106. The van der Waals surface area contributed by atoms with Crippen molar-refractivity contribution in [3.63, 3.8) is 0 Å². The van der Waals surface area contributed by atoms with Gasteiger partial charge in [0.2, 0.25) is 0 Å². The second-order valence-corrected chi connectivity index (χ2v) is 10.7. The van der Waals surface area contributed by atoms with Crippen LogP contribution in [0.1, 0.15) is 48.1 Å². The molecule has 0 amide bonds. The van der Waals surface area contributed by atoms with Gasteiger partial charge in [-0.1, -0.05) is 66.2 Å². The number of anilines is 1. The van der Waals surface area contributed by atoms with Gasteiger partial charge in [-0.05, 0) is 54.1 Å². The molecule has 1 saturated heterocycles. The van der Waals surface area contributed by atoms with Crippen molar-refractivity contribution in [2.75, 3.05) is 4.90 Å². The van der Waals surface area contributed by atoms with E-state index in [-0.39, 0.29) is 16.7 Å². The summed E-state index contributed by atoms with van der Waals surface area (Å²) in [5, 5.41) is 0.432. The zero-order valence-electron chi connectivity index (χ0n) is 20.9. The van der Waals surface area contributed by atoms with Crippen LogP contribution in [0, 0.1) is 17.0 Å². The molecule has 196 valence electrons. The summed E-state index contributed by atoms with van der Waals surface area (Å²) in [4.78, 5) is 45.2. The van der Waals surface area contributed by atoms with Gasteiger partial charge in [0.1, 0.15) is 23.1 Å². The van der Waals surface area contributed by atoms with E-state index in [0.29, 0.717) is 21.8 Å². The lowest BCUT2D eigenvalue weighted by Crippen LogP contribution is -2.48. The molecule has 2 aliphatic heterocycles. The van der Waals surface area contributed by atoms with Crippen molar-refractivity contribution in [2.45, 2.75) is 18.0 Å². The number of hydrogen-bond donors (Lipinski definition) is 0. The van der Waals surface area contributed by atoms with Crippen LogP contribution in [0.5, 0.6) is 0 Å². The summed E-state index contributed by atoms with van der Waals surface area (Å²) < 4.78 is 30.0. The van der Waals surface area contributed by atoms with Crippen LogP contribution >= 0.6 is 11.6 Å². The Balaban J connectivity index is 1.56. The van der Waals surface area contributed by atoms with Crippen LogP contribution < -0.4 is 4.90 Å². The zero-order valence-corrected chi connectivity index (χ0v) is 21.6. The molecule has 0 aromatic heterocycles. The molecule has 0 radical (unpaired) electrons. The summed E-state index contributed by atoms with van der Waals surface area (Å²) >= 11 is 6.10. The van der Waals surface area contributed by atoms with Crippen LogP contribution in [0.3, 0.4) is 0 Å². The number of fused-ring (bicyclic) bond motifs is 5. The Morgan fingerprint density at radius 1 is 0.825 bits per heavy atom. The predicted octanol–water partition coefficient (Wildman–Crippen LogP) is 6.93. The normalized spacial score (nSPS) is 21.9. The Morgan fingerprint density at radius 2 is 1.48 bits per heavy atom. The van der Waals surface area contributed by atoms with Crippen LogP contribution in [0.25, 0.3) is 6.08 Å². The van der Waals surface area contributed by atoms with E-state index >= 15 is 4.39 Å². The van der Waals surface area contributed by atoms with Gasteiger partial charge in [-0.15, -0.1) is 0 Å². The third-order valence-electron chi connectivity index (χ3n) is 8.40. The molecule has 40 heavy (non-hydrogen) atoms. The highest BCUT2D eigenvalue weighted by molar-refractivity contribution is 6.32. The largest absolute Gasteiger partial charge is 0.352 e. The standard InChI is InChI=1S/C33H20ClF2NO3/c34-20-12-9-18(10-13-20)30(38)29-28(24-7-3-4-8-25(24)36)33(31(39)22-5-1-2-6-23(22)32(33)40)27-16-11-19-17-21(35)14-15-26(19)37(27)29/h1-17,27-29H/t27-,28-,29+/m1/s1. The molecule has 4 aromatic rings. The quantitative estimate of drug-likeness (QED) is 0.204. The van der Waals surface area contributed by atoms with Gasteiger partial charge in [0.15, 0.2) is 17.3 Å². The first-order valence-corrected chi connectivity index (χ1v) is 13.2. The number of hydrogen-bond acceptors (Lipinski definition) is 4. The molecule has 2 heterocycles. The number of Topliss-reactive ketones (excluding diaryl/α,β-unsaturated/α-hetero) is 3. The average molecular weight is 552 g/mol. The second-order valence-electron chi connectivity index (χ2n) is 10.3. The molecule has 1 fully saturated rings. The molecular weight excluding hydrogens is 532 g/mol. The monoisotopic (exact) mass is 551 g/mol. The summed E-state index contributed by atoms with van der Waals surface area (Å²) in [6, 6.07) is 20.8. The number of carbonyl (C=O) groups excluding carboxylic acids is 3. The lowest BCUT2D eigenvalue weighted by Gasteiger charge is -2.37. The lowest BCUT2D eigenvalue weighted by molar-refractivity contribution is 0.0664. The Kier molecular flexibility index (Phi) is 5.41. The minimum Gasteiger partial charge on any atom is -0.352 e. The highest BCUT2D eigenvalue weighted by atomic mass is 35.5. The van der Waals surface area contributed by atoms with Gasteiger partial charge in [-0.25, -0.2) is 8.78 Å². The first-order chi connectivity index (χ1) is 19.3. The van der Waals surface area contributed by atoms with Gasteiger partial charge in [0.25, 0.3) is 0 Å². The summed E-state index contributed by atoms with van der Waals surface area (Å²) in [6.45, 7) is 0. The Morgan fingerprint density at radius 3 is 2.15 bits per heavy atom. The second kappa shape index (κ2) is 8.80. The minimum absolute atomic E-state index is 0.0933.